The Labute approximate surface area is 98.0 Å². The number of ether oxygens (including phenoxy) is 1. The van der Waals surface area contributed by atoms with Crippen LogP contribution in [0.2, 0.25) is 13.1 Å². The average Bonchev–Trinajstić information content (AvgIpc) is 2.29. The molecule has 0 amide bonds. The molecule has 0 aromatic heterocycles. The third-order valence-electron chi connectivity index (χ3n) is 2.96. The van der Waals surface area contributed by atoms with E-state index in [1.807, 2.05) is 18.2 Å². The van der Waals surface area contributed by atoms with Crippen molar-refractivity contribution in [2.45, 2.75) is 19.5 Å². The van der Waals surface area contributed by atoms with Crippen molar-refractivity contribution in [1.82, 2.24) is 0 Å². The van der Waals surface area contributed by atoms with Gasteiger partial charge in [0.05, 0.1) is 13.5 Å². The fourth-order valence-corrected chi connectivity index (χ4v) is 3.55. The number of hydrogen-bond donors (Lipinski definition) is 0. The van der Waals surface area contributed by atoms with Crippen molar-refractivity contribution in [3.05, 3.63) is 42.1 Å². The number of benzene rings is 1. The molecule has 0 saturated heterocycles. The Bertz CT molecular complexity index is 382. The summed E-state index contributed by atoms with van der Waals surface area (Å²) in [5.74, 6) is -0.207. The van der Waals surface area contributed by atoms with E-state index in [4.69, 9.17) is 0 Å². The van der Waals surface area contributed by atoms with E-state index in [-0.39, 0.29) is 5.97 Å². The molecule has 0 aliphatic carbocycles. The van der Waals surface area contributed by atoms with Crippen molar-refractivity contribution in [3.63, 3.8) is 0 Å². The van der Waals surface area contributed by atoms with Gasteiger partial charge >= 0.3 is 5.97 Å². The highest BCUT2D eigenvalue weighted by molar-refractivity contribution is 6.95. The van der Waals surface area contributed by atoms with Gasteiger partial charge in [-0.15, -0.1) is 6.58 Å². The maximum atomic E-state index is 11.2. The first kappa shape index (κ1) is 12.7. The molecule has 1 aromatic rings. The second kappa shape index (κ2) is 5.12. The predicted molar refractivity (Wildman–Crippen MR) is 69.3 cm³/mol. The molecule has 0 bridgehead atoms. The molecule has 0 saturated carbocycles. The standard InChI is InChI=1S/C13H18O2Si/c1-11(10-13(14)15-2)16(3,4)12-8-6-5-7-9-12/h5-9H,1,10H2,2-4H3. The largest absolute Gasteiger partial charge is 0.469 e. The van der Waals surface area contributed by atoms with Gasteiger partial charge < -0.3 is 4.74 Å². The Morgan fingerprint density at radius 2 is 1.88 bits per heavy atom. The van der Waals surface area contributed by atoms with E-state index in [2.05, 4.69) is 36.5 Å². The number of carbonyl (C=O) groups excluding carboxylic acids is 1. The molecule has 0 heterocycles. The number of esters is 1. The second-order valence-corrected chi connectivity index (χ2v) is 8.88. The fourth-order valence-electron chi connectivity index (χ4n) is 1.53. The number of hydrogen-bond acceptors (Lipinski definition) is 2. The molecular formula is C13H18O2Si. The van der Waals surface area contributed by atoms with Crippen molar-refractivity contribution in [2.75, 3.05) is 7.11 Å². The molecule has 2 nitrogen and oxygen atoms in total. The zero-order valence-corrected chi connectivity index (χ0v) is 11.1. The van der Waals surface area contributed by atoms with Crippen LogP contribution in [0.3, 0.4) is 0 Å². The lowest BCUT2D eigenvalue weighted by Gasteiger charge is -2.25. The smallest absolute Gasteiger partial charge is 0.309 e. The zero-order valence-electron chi connectivity index (χ0n) is 10.1. The SMILES string of the molecule is C=C(CC(=O)OC)[Si](C)(C)c1ccccc1. The van der Waals surface area contributed by atoms with Crippen LogP contribution in [0.15, 0.2) is 42.1 Å². The fraction of sp³-hybridized carbons (Fsp3) is 0.308. The number of rotatable bonds is 4. The molecule has 0 atom stereocenters. The normalized spacial score (nSPS) is 10.9. The maximum absolute atomic E-state index is 11.2. The monoisotopic (exact) mass is 234 g/mol. The summed E-state index contributed by atoms with van der Waals surface area (Å²) in [4.78, 5) is 11.2. The van der Waals surface area contributed by atoms with E-state index in [1.54, 1.807) is 0 Å². The van der Waals surface area contributed by atoms with E-state index in [9.17, 15) is 4.79 Å². The number of methoxy groups -OCH3 is 1. The van der Waals surface area contributed by atoms with Crippen LogP contribution in [-0.2, 0) is 9.53 Å². The van der Waals surface area contributed by atoms with Crippen LogP contribution in [0.4, 0.5) is 0 Å². The quantitative estimate of drug-likeness (QED) is 0.590. The maximum Gasteiger partial charge on any atom is 0.309 e. The summed E-state index contributed by atoms with van der Waals surface area (Å²) in [5, 5.41) is 2.30. The topological polar surface area (TPSA) is 26.3 Å². The van der Waals surface area contributed by atoms with Crippen LogP contribution in [0.25, 0.3) is 0 Å². The van der Waals surface area contributed by atoms with Gasteiger partial charge in [0, 0.05) is 0 Å². The Morgan fingerprint density at radius 3 is 2.38 bits per heavy atom. The lowest BCUT2D eigenvalue weighted by atomic mass is 10.4. The van der Waals surface area contributed by atoms with Gasteiger partial charge in [0.1, 0.15) is 8.07 Å². The molecule has 0 unspecified atom stereocenters. The minimum atomic E-state index is -1.76. The van der Waals surface area contributed by atoms with Crippen LogP contribution in [0, 0.1) is 0 Å². The van der Waals surface area contributed by atoms with E-state index >= 15 is 0 Å². The highest BCUT2D eigenvalue weighted by Gasteiger charge is 2.28. The van der Waals surface area contributed by atoms with E-state index in [0.717, 1.165) is 5.20 Å². The summed E-state index contributed by atoms with van der Waals surface area (Å²) in [5.41, 5.74) is 0. The average molecular weight is 234 g/mol. The van der Waals surface area contributed by atoms with Crippen LogP contribution in [0.1, 0.15) is 6.42 Å². The van der Waals surface area contributed by atoms with Crippen molar-refractivity contribution in [2.24, 2.45) is 0 Å². The highest BCUT2D eigenvalue weighted by atomic mass is 28.3. The van der Waals surface area contributed by atoms with Gasteiger partial charge in [-0.3, -0.25) is 4.79 Å². The molecule has 0 aliphatic rings. The van der Waals surface area contributed by atoms with Crippen LogP contribution in [0.5, 0.6) is 0 Å². The second-order valence-electron chi connectivity index (χ2n) is 4.35. The zero-order chi connectivity index (χ0) is 12.2. The van der Waals surface area contributed by atoms with Crippen LogP contribution < -0.4 is 5.19 Å². The molecular weight excluding hydrogens is 216 g/mol. The molecule has 0 radical (unpaired) electrons. The highest BCUT2D eigenvalue weighted by Crippen LogP contribution is 2.17. The Balaban J connectivity index is 2.86. The van der Waals surface area contributed by atoms with Gasteiger partial charge in [-0.25, -0.2) is 0 Å². The summed E-state index contributed by atoms with van der Waals surface area (Å²) in [6.45, 7) is 8.46. The van der Waals surface area contributed by atoms with Crippen molar-refractivity contribution >= 4 is 19.2 Å². The number of carbonyl (C=O) groups is 1. The Morgan fingerprint density at radius 1 is 1.31 bits per heavy atom. The summed E-state index contributed by atoms with van der Waals surface area (Å²) in [6, 6.07) is 10.3. The minimum absolute atomic E-state index is 0.207. The predicted octanol–water partition coefficient (Wildman–Crippen LogP) is 2.26. The molecule has 0 N–H and O–H groups in total. The van der Waals surface area contributed by atoms with Crippen LogP contribution >= 0.6 is 0 Å². The summed E-state index contributed by atoms with van der Waals surface area (Å²) in [6.07, 6.45) is 0.324. The van der Waals surface area contributed by atoms with Gasteiger partial charge in [-0.2, -0.15) is 0 Å². The lowest BCUT2D eigenvalue weighted by molar-refractivity contribution is -0.139. The van der Waals surface area contributed by atoms with Crippen molar-refractivity contribution in [1.29, 1.82) is 0 Å². The minimum Gasteiger partial charge on any atom is -0.469 e. The summed E-state index contributed by atoms with van der Waals surface area (Å²) >= 11 is 0. The van der Waals surface area contributed by atoms with Gasteiger partial charge in [0.15, 0.2) is 0 Å². The molecule has 3 heteroatoms. The van der Waals surface area contributed by atoms with Crippen molar-refractivity contribution in [3.8, 4) is 0 Å². The molecule has 1 aromatic carbocycles. The van der Waals surface area contributed by atoms with E-state index in [0.29, 0.717) is 6.42 Å². The summed E-state index contributed by atoms with van der Waals surface area (Å²) in [7, 11) is -0.348. The third-order valence-corrected chi connectivity index (χ3v) is 6.69. The van der Waals surface area contributed by atoms with Crippen molar-refractivity contribution < 1.29 is 9.53 Å². The first-order valence-electron chi connectivity index (χ1n) is 5.29. The van der Waals surface area contributed by atoms with Gasteiger partial charge in [0.25, 0.3) is 0 Å². The molecule has 0 spiro atoms. The van der Waals surface area contributed by atoms with Gasteiger partial charge in [-0.05, 0) is 0 Å². The van der Waals surface area contributed by atoms with Gasteiger partial charge in [0.2, 0.25) is 0 Å². The third kappa shape index (κ3) is 2.82. The molecule has 0 aliphatic heterocycles. The van der Waals surface area contributed by atoms with Crippen LogP contribution in [-0.4, -0.2) is 21.2 Å². The molecule has 16 heavy (non-hydrogen) atoms. The van der Waals surface area contributed by atoms with E-state index in [1.165, 1.54) is 12.3 Å². The first-order chi connectivity index (χ1) is 7.48. The lowest BCUT2D eigenvalue weighted by Crippen LogP contribution is -2.44. The van der Waals surface area contributed by atoms with Gasteiger partial charge in [-0.1, -0.05) is 53.8 Å². The Kier molecular flexibility index (Phi) is 4.07. The summed E-state index contributed by atoms with van der Waals surface area (Å²) < 4.78 is 4.67. The van der Waals surface area contributed by atoms with E-state index < -0.39 is 8.07 Å². The molecule has 0 fully saturated rings. The first-order valence-corrected chi connectivity index (χ1v) is 8.29. The molecule has 86 valence electrons. The Hall–Kier alpha value is -1.35. The molecule has 1 rings (SSSR count).